The number of rotatable bonds is 4. The summed E-state index contributed by atoms with van der Waals surface area (Å²) < 4.78 is 2.10. The van der Waals surface area contributed by atoms with Crippen LogP contribution in [0.3, 0.4) is 0 Å². The third-order valence-corrected chi connectivity index (χ3v) is 9.05. The number of piperazine rings is 1. The van der Waals surface area contributed by atoms with E-state index in [1.807, 2.05) is 17.2 Å². The second kappa shape index (κ2) is 9.10. The van der Waals surface area contributed by atoms with Gasteiger partial charge in [0, 0.05) is 74.9 Å². The van der Waals surface area contributed by atoms with Gasteiger partial charge in [0.2, 0.25) is 5.91 Å². The number of benzene rings is 1. The van der Waals surface area contributed by atoms with E-state index in [2.05, 4.69) is 74.2 Å². The molecule has 3 aromatic heterocycles. The number of hydrogen-bond donors (Lipinski definition) is 1. The van der Waals surface area contributed by atoms with Gasteiger partial charge in [0.05, 0.1) is 23.1 Å². The predicted molar refractivity (Wildman–Crippen MR) is 155 cm³/mol. The fraction of sp³-hybridized carbons (Fsp3) is 0.400. The maximum Gasteiger partial charge on any atom is 0.245 e. The first kappa shape index (κ1) is 24.7. The largest absolute Gasteiger partial charge is 0.366 e. The van der Waals surface area contributed by atoms with Gasteiger partial charge in [-0.05, 0) is 44.2 Å². The van der Waals surface area contributed by atoms with Crippen molar-refractivity contribution < 1.29 is 4.79 Å². The van der Waals surface area contributed by atoms with Gasteiger partial charge in [-0.15, -0.1) is 0 Å². The fourth-order valence-electron chi connectivity index (χ4n) is 6.82. The van der Waals surface area contributed by atoms with Crippen LogP contribution in [-0.4, -0.2) is 94.7 Å². The highest BCUT2D eigenvalue weighted by Crippen LogP contribution is 2.44. The van der Waals surface area contributed by atoms with Crippen LogP contribution in [0.4, 0.5) is 11.5 Å². The molecule has 3 saturated heterocycles. The predicted octanol–water partition coefficient (Wildman–Crippen LogP) is 3.03. The molecule has 40 heavy (non-hydrogen) atoms. The minimum absolute atomic E-state index is 0.0164. The summed E-state index contributed by atoms with van der Waals surface area (Å²) in [6.07, 6.45) is 6.26. The number of carbonyl (C=O) groups is 1. The third kappa shape index (κ3) is 3.68. The molecular formula is C30H33N9O. The average Bonchev–Trinajstić information content (AvgIpc) is 3.70. The van der Waals surface area contributed by atoms with Gasteiger partial charge in [0.25, 0.3) is 0 Å². The maximum atomic E-state index is 12.2. The Balaban J connectivity index is 1.40. The summed E-state index contributed by atoms with van der Waals surface area (Å²) in [5.41, 5.74) is 6.42. The Morgan fingerprint density at radius 1 is 1.12 bits per heavy atom. The van der Waals surface area contributed by atoms with Crippen molar-refractivity contribution in [2.24, 2.45) is 5.41 Å². The van der Waals surface area contributed by atoms with E-state index in [0.717, 1.165) is 104 Å². The highest BCUT2D eigenvalue weighted by Gasteiger charge is 2.49. The van der Waals surface area contributed by atoms with Crippen molar-refractivity contribution in [1.82, 2.24) is 29.4 Å². The Bertz CT molecular complexity index is 1700. The molecule has 0 radical (unpaired) electrons. The molecular weight excluding hydrogens is 502 g/mol. The number of likely N-dealkylation sites (tertiary alicyclic amines) is 1. The van der Waals surface area contributed by atoms with Crippen molar-refractivity contribution in [3.63, 3.8) is 0 Å². The van der Waals surface area contributed by atoms with E-state index in [9.17, 15) is 10.1 Å². The molecule has 7 rings (SSSR count). The number of carbonyl (C=O) groups excluding carboxylic acids is 1. The number of amides is 1. The van der Waals surface area contributed by atoms with E-state index < -0.39 is 0 Å². The molecule has 1 N–H and O–H groups in total. The molecule has 1 spiro atoms. The van der Waals surface area contributed by atoms with E-state index in [-0.39, 0.29) is 11.3 Å². The number of H-pyrrole nitrogens is 1. The molecule has 0 atom stereocenters. The summed E-state index contributed by atoms with van der Waals surface area (Å²) >= 11 is 0. The smallest absolute Gasteiger partial charge is 0.245 e. The van der Waals surface area contributed by atoms with E-state index >= 15 is 0 Å². The highest BCUT2D eigenvalue weighted by molar-refractivity contribution is 5.98. The minimum atomic E-state index is -0.0164. The first-order chi connectivity index (χ1) is 19.4. The molecule has 10 heteroatoms. The molecule has 0 saturated carbocycles. The van der Waals surface area contributed by atoms with Crippen LogP contribution >= 0.6 is 0 Å². The van der Waals surface area contributed by atoms with Gasteiger partial charge in [0.15, 0.2) is 11.5 Å². The molecule has 204 valence electrons. The van der Waals surface area contributed by atoms with Gasteiger partial charge in [-0.2, -0.15) is 10.4 Å². The first-order valence-corrected chi connectivity index (χ1v) is 13.9. The zero-order chi connectivity index (χ0) is 27.6. The number of nitrogens with zero attached hydrogens (tertiary/aromatic N) is 8. The lowest BCUT2D eigenvalue weighted by Crippen LogP contribution is -2.59. The lowest BCUT2D eigenvalue weighted by Gasteiger charge is -2.47. The van der Waals surface area contributed by atoms with Crippen molar-refractivity contribution in [3.05, 3.63) is 54.4 Å². The number of nitriles is 1. The second-order valence-corrected chi connectivity index (χ2v) is 11.6. The van der Waals surface area contributed by atoms with E-state index in [4.69, 9.17) is 4.98 Å². The molecule has 0 unspecified atom stereocenters. The zero-order valence-corrected chi connectivity index (χ0v) is 23.0. The van der Waals surface area contributed by atoms with Crippen molar-refractivity contribution in [2.45, 2.75) is 13.3 Å². The quantitative estimate of drug-likeness (QED) is 0.401. The molecule has 3 aliphatic heterocycles. The molecule has 10 nitrogen and oxygen atoms in total. The van der Waals surface area contributed by atoms with Gasteiger partial charge in [-0.25, -0.2) is 4.98 Å². The molecule has 1 amide bonds. The van der Waals surface area contributed by atoms with Crippen LogP contribution < -0.4 is 9.80 Å². The fourth-order valence-corrected chi connectivity index (χ4v) is 6.82. The summed E-state index contributed by atoms with van der Waals surface area (Å²) in [6, 6.07) is 8.82. The molecule has 0 aliphatic carbocycles. The Morgan fingerprint density at radius 3 is 2.67 bits per heavy atom. The standard InChI is InChI=1S/C30H33N9O/c1-4-25(40)38-18-30(19-38)8-10-37(17-30)28-21(15-31)27(26-20(2)5-6-23-22(26)16-32-34-23)39-9-7-24(29(39)33-28)36-13-11-35(3)12-14-36/h4-7,9,16H,1,8,10-14,17-19H2,2-3H3,(H,32,34). The van der Waals surface area contributed by atoms with Crippen LogP contribution in [0.1, 0.15) is 17.5 Å². The Labute approximate surface area is 233 Å². The van der Waals surface area contributed by atoms with Crippen LogP contribution in [0.15, 0.2) is 43.2 Å². The topological polar surface area (TPSA) is 99.8 Å². The highest BCUT2D eigenvalue weighted by atomic mass is 16.2. The number of aryl methyl sites for hydroxylation is 1. The number of nitrogens with one attached hydrogen (secondary N) is 1. The normalized spacial score (nSPS) is 19.0. The molecule has 4 aromatic rings. The lowest BCUT2D eigenvalue weighted by atomic mass is 9.79. The summed E-state index contributed by atoms with van der Waals surface area (Å²) in [5, 5.41) is 19.1. The van der Waals surface area contributed by atoms with Crippen LogP contribution in [0, 0.1) is 23.7 Å². The second-order valence-electron chi connectivity index (χ2n) is 11.6. The molecule has 1 aromatic carbocycles. The van der Waals surface area contributed by atoms with Crippen molar-refractivity contribution >= 4 is 34.0 Å². The van der Waals surface area contributed by atoms with Crippen LogP contribution in [0.5, 0.6) is 0 Å². The van der Waals surface area contributed by atoms with Gasteiger partial charge < -0.3 is 19.6 Å². The molecule has 3 aliphatic rings. The third-order valence-electron chi connectivity index (χ3n) is 9.05. The average molecular weight is 536 g/mol. The van der Waals surface area contributed by atoms with E-state index in [0.29, 0.717) is 5.56 Å². The first-order valence-electron chi connectivity index (χ1n) is 13.9. The zero-order valence-electron chi connectivity index (χ0n) is 23.0. The monoisotopic (exact) mass is 535 g/mol. The molecule has 6 heterocycles. The van der Waals surface area contributed by atoms with E-state index in [1.165, 1.54) is 6.08 Å². The van der Waals surface area contributed by atoms with Crippen LogP contribution in [0.2, 0.25) is 0 Å². The number of fused-ring (bicyclic) bond motifs is 2. The van der Waals surface area contributed by atoms with Gasteiger partial charge >= 0.3 is 0 Å². The Kier molecular flexibility index (Phi) is 5.61. The van der Waals surface area contributed by atoms with Gasteiger partial charge in [-0.1, -0.05) is 12.6 Å². The number of hydrogen-bond acceptors (Lipinski definition) is 7. The van der Waals surface area contributed by atoms with Crippen molar-refractivity contribution in [1.29, 1.82) is 5.26 Å². The summed E-state index contributed by atoms with van der Waals surface area (Å²) in [4.78, 5) is 26.3. The molecule has 0 bridgehead atoms. The summed E-state index contributed by atoms with van der Waals surface area (Å²) in [5.74, 6) is 0.710. The van der Waals surface area contributed by atoms with Crippen molar-refractivity contribution in [2.75, 3.05) is 69.2 Å². The summed E-state index contributed by atoms with van der Waals surface area (Å²) in [7, 11) is 2.16. The molecule has 3 fully saturated rings. The number of aromatic nitrogens is 4. The number of aromatic amines is 1. The maximum absolute atomic E-state index is 12.2. The lowest BCUT2D eigenvalue weighted by molar-refractivity contribution is -0.136. The van der Waals surface area contributed by atoms with Gasteiger partial charge in [0.1, 0.15) is 11.6 Å². The van der Waals surface area contributed by atoms with E-state index in [1.54, 1.807) is 0 Å². The van der Waals surface area contributed by atoms with Crippen molar-refractivity contribution in [3.8, 4) is 17.3 Å². The SMILES string of the molecule is C=CC(=O)N1CC2(CCN(c3nc4c(N5CCN(C)CC5)ccn4c(-c4c(C)ccc5[nH]ncc45)c3C#N)C2)C1. The Hall–Kier alpha value is -4.36. The van der Waals surface area contributed by atoms with Crippen LogP contribution in [-0.2, 0) is 4.79 Å². The van der Waals surface area contributed by atoms with Gasteiger partial charge in [-0.3, -0.25) is 14.3 Å². The minimum Gasteiger partial charge on any atom is -0.366 e. The summed E-state index contributed by atoms with van der Waals surface area (Å²) in [6.45, 7) is 12.6. The van der Waals surface area contributed by atoms with Crippen LogP contribution in [0.25, 0.3) is 27.8 Å². The Morgan fingerprint density at radius 2 is 1.93 bits per heavy atom. The number of likely N-dealkylation sites (N-methyl/N-ethyl adjacent to an activating group) is 1. The number of anilines is 2.